The fraction of sp³-hybridized carbons (Fsp3) is 0.467. The van der Waals surface area contributed by atoms with Gasteiger partial charge in [0.15, 0.2) is 0 Å². The first kappa shape index (κ1) is 19.9. The molecule has 1 aromatic carbocycles. The Bertz CT molecular complexity index is 703. The van der Waals surface area contributed by atoms with Gasteiger partial charge in [-0.15, -0.1) is 0 Å². The van der Waals surface area contributed by atoms with E-state index in [1.165, 1.54) is 45.1 Å². The molecule has 1 atom stereocenters. The second-order valence-corrected chi connectivity index (χ2v) is 7.87. The average Bonchev–Trinajstić information content (AvgIpc) is 2.52. The van der Waals surface area contributed by atoms with Crippen LogP contribution in [-0.4, -0.2) is 62.4 Å². The van der Waals surface area contributed by atoms with Crippen LogP contribution in [0.4, 0.5) is 4.79 Å². The van der Waals surface area contributed by atoms with Crippen molar-refractivity contribution in [1.29, 1.82) is 0 Å². The summed E-state index contributed by atoms with van der Waals surface area (Å²) >= 11 is 0. The molecule has 8 nitrogen and oxygen atoms in total. The summed E-state index contributed by atoms with van der Waals surface area (Å²) in [4.78, 5) is 24.2. The molecule has 1 rings (SSSR count). The molecule has 2 N–H and O–H groups in total. The smallest absolute Gasteiger partial charge is 0.317 e. The van der Waals surface area contributed by atoms with Crippen molar-refractivity contribution in [2.75, 3.05) is 27.7 Å². The normalized spacial score (nSPS) is 12.7. The minimum atomic E-state index is -3.53. The van der Waals surface area contributed by atoms with Gasteiger partial charge >= 0.3 is 12.0 Å². The number of aliphatic carboxylic acids is 1. The third-order valence-electron chi connectivity index (χ3n) is 3.44. The molecule has 0 radical (unpaired) electrons. The number of urea groups is 1. The molecular formula is C15H23N3O5S. The van der Waals surface area contributed by atoms with Crippen molar-refractivity contribution in [1.82, 2.24) is 14.5 Å². The fourth-order valence-corrected chi connectivity index (χ4v) is 2.88. The highest BCUT2D eigenvalue weighted by Crippen LogP contribution is 2.14. The summed E-state index contributed by atoms with van der Waals surface area (Å²) in [7, 11) is 0.860. The van der Waals surface area contributed by atoms with E-state index in [9.17, 15) is 18.0 Å². The number of nitrogens with zero attached hydrogens (tertiary/aromatic N) is 2. The molecule has 0 spiro atoms. The molecule has 2 amide bonds. The molecule has 0 fully saturated rings. The van der Waals surface area contributed by atoms with Crippen LogP contribution in [0.15, 0.2) is 29.2 Å². The number of carbonyl (C=O) groups excluding carboxylic acids is 1. The predicted octanol–water partition coefficient (Wildman–Crippen LogP) is 0.799. The Morgan fingerprint density at radius 3 is 2.42 bits per heavy atom. The molecule has 24 heavy (non-hydrogen) atoms. The molecule has 134 valence electrons. The Morgan fingerprint density at radius 2 is 1.88 bits per heavy atom. The van der Waals surface area contributed by atoms with E-state index < -0.39 is 27.9 Å². The monoisotopic (exact) mass is 357 g/mol. The molecule has 0 saturated carbocycles. The molecule has 1 aromatic rings. The zero-order chi connectivity index (χ0) is 18.5. The van der Waals surface area contributed by atoms with Crippen molar-refractivity contribution < 1.29 is 23.1 Å². The number of nitrogens with one attached hydrogen (secondary N) is 1. The summed E-state index contributed by atoms with van der Waals surface area (Å²) in [6.07, 6.45) is 0. The van der Waals surface area contributed by atoms with E-state index in [0.717, 1.165) is 4.31 Å². The highest BCUT2D eigenvalue weighted by atomic mass is 32.2. The van der Waals surface area contributed by atoms with E-state index in [-0.39, 0.29) is 18.0 Å². The van der Waals surface area contributed by atoms with E-state index in [1.54, 1.807) is 12.1 Å². The number of benzene rings is 1. The second kappa shape index (κ2) is 8.11. The number of hydrogen-bond donors (Lipinski definition) is 2. The largest absolute Gasteiger partial charge is 0.481 e. The summed E-state index contributed by atoms with van der Waals surface area (Å²) < 4.78 is 25.3. The lowest BCUT2D eigenvalue weighted by Gasteiger charge is -2.20. The van der Waals surface area contributed by atoms with Crippen LogP contribution in [0.2, 0.25) is 0 Å². The molecule has 0 aliphatic carbocycles. The Labute approximate surface area is 142 Å². The highest BCUT2D eigenvalue weighted by molar-refractivity contribution is 7.89. The lowest BCUT2D eigenvalue weighted by molar-refractivity contribution is -0.141. The Morgan fingerprint density at radius 1 is 1.25 bits per heavy atom. The first-order valence-electron chi connectivity index (χ1n) is 7.29. The maximum atomic E-state index is 12.1. The lowest BCUT2D eigenvalue weighted by Crippen LogP contribution is -2.40. The quantitative estimate of drug-likeness (QED) is 0.750. The van der Waals surface area contributed by atoms with Gasteiger partial charge in [-0.1, -0.05) is 19.1 Å². The van der Waals surface area contributed by atoms with Crippen molar-refractivity contribution in [3.63, 3.8) is 0 Å². The van der Waals surface area contributed by atoms with Crippen molar-refractivity contribution in [2.24, 2.45) is 5.92 Å². The lowest BCUT2D eigenvalue weighted by atomic mass is 10.2. The van der Waals surface area contributed by atoms with E-state index in [1.807, 2.05) is 0 Å². The predicted molar refractivity (Wildman–Crippen MR) is 89.0 cm³/mol. The van der Waals surface area contributed by atoms with Gasteiger partial charge in [0.25, 0.3) is 0 Å². The van der Waals surface area contributed by atoms with Crippen molar-refractivity contribution in [3.8, 4) is 0 Å². The number of hydrogen-bond acceptors (Lipinski definition) is 4. The van der Waals surface area contributed by atoms with Crippen molar-refractivity contribution in [3.05, 3.63) is 29.8 Å². The maximum Gasteiger partial charge on any atom is 0.317 e. The van der Waals surface area contributed by atoms with Crippen LogP contribution in [-0.2, 0) is 21.4 Å². The van der Waals surface area contributed by atoms with Crippen LogP contribution in [0, 0.1) is 5.92 Å². The van der Waals surface area contributed by atoms with E-state index >= 15 is 0 Å². The number of amides is 2. The maximum absolute atomic E-state index is 12.1. The van der Waals surface area contributed by atoms with Gasteiger partial charge in [0.1, 0.15) is 0 Å². The van der Waals surface area contributed by atoms with Crippen LogP contribution in [0.25, 0.3) is 0 Å². The number of carboxylic acids is 1. The Balaban J connectivity index is 2.72. The number of sulfonamides is 1. The van der Waals surface area contributed by atoms with Gasteiger partial charge in [-0.2, -0.15) is 0 Å². The molecule has 0 aromatic heterocycles. The van der Waals surface area contributed by atoms with Crippen LogP contribution in [0.1, 0.15) is 12.5 Å². The molecule has 0 saturated heterocycles. The molecular weight excluding hydrogens is 334 g/mol. The third kappa shape index (κ3) is 5.20. The van der Waals surface area contributed by atoms with Gasteiger partial charge in [0.05, 0.1) is 10.8 Å². The highest BCUT2D eigenvalue weighted by Gasteiger charge is 2.19. The summed E-state index contributed by atoms with van der Waals surface area (Å²) in [5, 5.41) is 11.5. The van der Waals surface area contributed by atoms with Gasteiger partial charge < -0.3 is 15.3 Å². The molecule has 0 aliphatic rings. The SMILES string of the molecule is CC(CN(C)C(=O)NCc1cccc(S(=O)(=O)N(C)C)c1)C(=O)O. The van der Waals surface area contributed by atoms with E-state index in [0.29, 0.717) is 5.56 Å². The molecule has 0 aliphatic heterocycles. The summed E-state index contributed by atoms with van der Waals surface area (Å²) in [5.74, 6) is -1.65. The zero-order valence-corrected chi connectivity index (χ0v) is 15.0. The van der Waals surface area contributed by atoms with Crippen LogP contribution in [0.3, 0.4) is 0 Å². The number of rotatable bonds is 7. The molecule has 1 unspecified atom stereocenters. The molecule has 9 heteroatoms. The summed E-state index contributed by atoms with van der Waals surface area (Å²) in [5.41, 5.74) is 0.631. The first-order valence-corrected chi connectivity index (χ1v) is 8.73. The Hall–Kier alpha value is -2.13. The van der Waals surface area contributed by atoms with Gasteiger partial charge in [0, 0.05) is 34.2 Å². The second-order valence-electron chi connectivity index (χ2n) is 5.71. The number of carbonyl (C=O) groups is 2. The first-order chi connectivity index (χ1) is 11.1. The van der Waals surface area contributed by atoms with Gasteiger partial charge in [-0.25, -0.2) is 17.5 Å². The zero-order valence-electron chi connectivity index (χ0n) is 14.2. The standard InChI is InChI=1S/C15H23N3O5S/c1-11(14(19)20)10-18(4)15(21)16-9-12-6-5-7-13(8-12)24(22,23)17(2)3/h5-8,11H,9-10H2,1-4H3,(H,16,21)(H,19,20). The topological polar surface area (TPSA) is 107 Å². The fourth-order valence-electron chi connectivity index (χ4n) is 1.91. The van der Waals surface area contributed by atoms with Crippen molar-refractivity contribution in [2.45, 2.75) is 18.4 Å². The van der Waals surface area contributed by atoms with Gasteiger partial charge in [-0.3, -0.25) is 4.79 Å². The van der Waals surface area contributed by atoms with E-state index in [2.05, 4.69) is 5.32 Å². The molecule has 0 bridgehead atoms. The third-order valence-corrected chi connectivity index (χ3v) is 5.25. The average molecular weight is 357 g/mol. The Kier molecular flexibility index (Phi) is 6.73. The summed E-state index contributed by atoms with van der Waals surface area (Å²) in [6, 6.07) is 5.86. The van der Waals surface area contributed by atoms with Crippen LogP contribution >= 0.6 is 0 Å². The van der Waals surface area contributed by atoms with Crippen LogP contribution in [0.5, 0.6) is 0 Å². The van der Waals surface area contributed by atoms with Crippen LogP contribution < -0.4 is 5.32 Å². The number of carboxylic acid groups (broad SMARTS) is 1. The minimum Gasteiger partial charge on any atom is -0.481 e. The minimum absolute atomic E-state index is 0.0796. The van der Waals surface area contributed by atoms with E-state index in [4.69, 9.17) is 5.11 Å². The van der Waals surface area contributed by atoms with Crippen molar-refractivity contribution >= 4 is 22.0 Å². The summed E-state index contributed by atoms with van der Waals surface area (Å²) in [6.45, 7) is 1.74. The van der Waals surface area contributed by atoms with Gasteiger partial charge in [0.2, 0.25) is 10.0 Å². The van der Waals surface area contributed by atoms with Gasteiger partial charge in [-0.05, 0) is 17.7 Å². The molecule has 0 heterocycles.